The molecular weight excluding hydrogens is 415 g/mol. The summed E-state index contributed by atoms with van der Waals surface area (Å²) in [6.07, 6.45) is 1.33. The number of nitrogens with one attached hydrogen (secondary N) is 1. The molecule has 27 heavy (non-hydrogen) atoms. The van der Waals surface area contributed by atoms with E-state index in [1.54, 1.807) is 18.2 Å². The zero-order chi connectivity index (χ0) is 20.0. The fourth-order valence-electron chi connectivity index (χ4n) is 2.24. The molecule has 0 bridgehead atoms. The quantitative estimate of drug-likeness (QED) is 0.518. The number of para-hydroxylation sites is 1. The average molecular weight is 433 g/mol. The fraction of sp³-hybridized carbons (Fsp3) is 0.200. The Bertz CT molecular complexity index is 920. The lowest BCUT2D eigenvalue weighted by Gasteiger charge is -2.16. The van der Waals surface area contributed by atoms with E-state index < -0.39 is 11.7 Å². The van der Waals surface area contributed by atoms with Crippen LogP contribution in [-0.2, 0) is 4.79 Å². The summed E-state index contributed by atoms with van der Waals surface area (Å²) in [5.74, 6) is -0.307. The van der Waals surface area contributed by atoms with E-state index in [0.717, 1.165) is 0 Å². The number of hydrogen-bond acceptors (Lipinski definition) is 4. The van der Waals surface area contributed by atoms with Crippen molar-refractivity contribution in [1.29, 1.82) is 5.26 Å². The summed E-state index contributed by atoms with van der Waals surface area (Å²) in [6, 6.07) is 10.9. The first-order valence-electron chi connectivity index (χ1n) is 8.07. The highest BCUT2D eigenvalue weighted by atomic mass is 79.9. The number of hydrogen-bond donors (Lipinski definition) is 1. The van der Waals surface area contributed by atoms with E-state index in [1.165, 1.54) is 31.4 Å². The molecule has 0 aliphatic rings. The van der Waals surface area contributed by atoms with E-state index >= 15 is 0 Å². The van der Waals surface area contributed by atoms with E-state index in [2.05, 4.69) is 21.2 Å². The van der Waals surface area contributed by atoms with Gasteiger partial charge in [0, 0.05) is 0 Å². The van der Waals surface area contributed by atoms with Gasteiger partial charge in [-0.3, -0.25) is 4.79 Å². The second-order valence-electron chi connectivity index (χ2n) is 5.80. The van der Waals surface area contributed by atoms with Crippen LogP contribution in [0.15, 0.2) is 46.4 Å². The van der Waals surface area contributed by atoms with Crippen molar-refractivity contribution in [1.82, 2.24) is 0 Å². The molecule has 0 heterocycles. The second-order valence-corrected chi connectivity index (χ2v) is 6.66. The number of carbonyl (C=O) groups is 1. The van der Waals surface area contributed by atoms with Gasteiger partial charge in [0.2, 0.25) is 0 Å². The van der Waals surface area contributed by atoms with Gasteiger partial charge in [-0.2, -0.15) is 5.26 Å². The van der Waals surface area contributed by atoms with Crippen LogP contribution in [-0.4, -0.2) is 19.1 Å². The molecule has 1 amide bonds. The maximum Gasteiger partial charge on any atom is 0.266 e. The number of nitriles is 1. The number of amides is 1. The molecule has 140 valence electrons. The minimum atomic E-state index is -0.708. The molecule has 0 spiro atoms. The number of rotatable bonds is 6. The summed E-state index contributed by atoms with van der Waals surface area (Å²) in [5, 5.41) is 11.7. The molecule has 0 atom stereocenters. The first-order valence-corrected chi connectivity index (χ1v) is 8.86. The lowest BCUT2D eigenvalue weighted by atomic mass is 10.1. The lowest BCUT2D eigenvalue weighted by molar-refractivity contribution is -0.112. The molecule has 2 aromatic carbocycles. The molecule has 0 unspecified atom stereocenters. The van der Waals surface area contributed by atoms with Gasteiger partial charge in [0.05, 0.1) is 23.4 Å². The molecule has 0 radical (unpaired) electrons. The summed E-state index contributed by atoms with van der Waals surface area (Å²) in [4.78, 5) is 12.3. The predicted octanol–water partition coefficient (Wildman–Crippen LogP) is 4.93. The first-order chi connectivity index (χ1) is 12.8. The minimum Gasteiger partial charge on any atom is -0.493 e. The molecule has 2 aromatic rings. The Morgan fingerprint density at radius 2 is 2.04 bits per heavy atom. The van der Waals surface area contributed by atoms with Crippen LogP contribution in [0.2, 0.25) is 0 Å². The van der Waals surface area contributed by atoms with Crippen LogP contribution < -0.4 is 14.8 Å². The molecule has 5 nitrogen and oxygen atoms in total. The van der Waals surface area contributed by atoms with Crippen LogP contribution in [0.5, 0.6) is 11.5 Å². The van der Waals surface area contributed by atoms with Gasteiger partial charge in [-0.05, 0) is 65.7 Å². The third-order valence-corrected chi connectivity index (χ3v) is 3.99. The van der Waals surface area contributed by atoms with Gasteiger partial charge >= 0.3 is 0 Å². The molecule has 2 rings (SSSR count). The van der Waals surface area contributed by atoms with Gasteiger partial charge in [-0.15, -0.1) is 0 Å². The third-order valence-electron chi connectivity index (χ3n) is 3.40. The average Bonchev–Trinajstić information content (AvgIpc) is 2.63. The number of benzene rings is 2. The summed E-state index contributed by atoms with van der Waals surface area (Å²) in [7, 11) is 1.50. The zero-order valence-electron chi connectivity index (χ0n) is 15.0. The van der Waals surface area contributed by atoms with Gasteiger partial charge < -0.3 is 14.8 Å². The number of methoxy groups -OCH3 is 1. The van der Waals surface area contributed by atoms with E-state index in [0.29, 0.717) is 21.5 Å². The summed E-state index contributed by atoms with van der Waals surface area (Å²) < 4.78 is 25.4. The standard InChI is InChI=1S/C20H18BrFN2O3/c1-12(2)27-19-15(21)9-13(10-18(19)26-3)8-14(11-23)20(25)24-17-7-5-4-6-16(17)22/h4-10,12H,1-3H3,(H,24,25)/b14-8+. The van der Waals surface area contributed by atoms with E-state index in [9.17, 15) is 14.4 Å². The third kappa shape index (κ3) is 5.31. The van der Waals surface area contributed by atoms with Crippen LogP contribution in [0.1, 0.15) is 19.4 Å². The van der Waals surface area contributed by atoms with Crippen LogP contribution in [0.3, 0.4) is 0 Å². The van der Waals surface area contributed by atoms with Crippen LogP contribution in [0.25, 0.3) is 6.08 Å². The highest BCUT2D eigenvalue weighted by Gasteiger charge is 2.15. The van der Waals surface area contributed by atoms with Crippen LogP contribution >= 0.6 is 15.9 Å². The van der Waals surface area contributed by atoms with Crippen LogP contribution in [0.4, 0.5) is 10.1 Å². The Balaban J connectivity index is 2.34. The largest absolute Gasteiger partial charge is 0.493 e. The topological polar surface area (TPSA) is 71.3 Å². The highest BCUT2D eigenvalue weighted by Crippen LogP contribution is 2.38. The van der Waals surface area contributed by atoms with Crippen molar-refractivity contribution in [2.45, 2.75) is 20.0 Å². The van der Waals surface area contributed by atoms with Gasteiger partial charge in [0.25, 0.3) is 5.91 Å². The molecule has 0 fully saturated rings. The second kappa shape index (κ2) is 9.19. The Labute approximate surface area is 165 Å². The van der Waals surface area contributed by atoms with Gasteiger partial charge in [0.15, 0.2) is 11.5 Å². The van der Waals surface area contributed by atoms with Crippen molar-refractivity contribution >= 4 is 33.6 Å². The van der Waals surface area contributed by atoms with Crippen molar-refractivity contribution in [2.24, 2.45) is 0 Å². The SMILES string of the molecule is COc1cc(/C=C(\C#N)C(=O)Nc2ccccc2F)cc(Br)c1OC(C)C. The molecule has 0 saturated carbocycles. The normalized spacial score (nSPS) is 11.1. The van der Waals surface area contributed by atoms with Crippen molar-refractivity contribution in [3.8, 4) is 17.6 Å². The Hall–Kier alpha value is -2.85. The molecule has 7 heteroatoms. The maximum atomic E-state index is 13.7. The van der Waals surface area contributed by atoms with Crippen molar-refractivity contribution < 1.29 is 18.7 Å². The monoisotopic (exact) mass is 432 g/mol. The summed E-state index contributed by atoms with van der Waals surface area (Å²) in [6.45, 7) is 3.78. The minimum absolute atomic E-state index is 0.00286. The molecule has 0 aromatic heterocycles. The molecule has 0 saturated heterocycles. The Kier molecular flexibility index (Phi) is 6.97. The summed E-state index contributed by atoms with van der Waals surface area (Å²) >= 11 is 3.41. The summed E-state index contributed by atoms with van der Waals surface area (Å²) in [5.41, 5.74) is 0.378. The lowest BCUT2D eigenvalue weighted by Crippen LogP contribution is -2.14. The van der Waals surface area contributed by atoms with E-state index in [4.69, 9.17) is 9.47 Å². The van der Waals surface area contributed by atoms with Crippen molar-refractivity contribution in [3.05, 3.63) is 57.8 Å². The Morgan fingerprint density at radius 3 is 2.63 bits per heavy atom. The molecule has 0 aliphatic heterocycles. The van der Waals surface area contributed by atoms with E-state index in [1.807, 2.05) is 19.9 Å². The van der Waals surface area contributed by atoms with Gasteiger partial charge in [0.1, 0.15) is 17.5 Å². The highest BCUT2D eigenvalue weighted by molar-refractivity contribution is 9.10. The predicted molar refractivity (Wildman–Crippen MR) is 105 cm³/mol. The van der Waals surface area contributed by atoms with Crippen molar-refractivity contribution in [2.75, 3.05) is 12.4 Å². The fourth-order valence-corrected chi connectivity index (χ4v) is 2.79. The molecule has 1 N–H and O–H groups in total. The Morgan fingerprint density at radius 1 is 1.33 bits per heavy atom. The number of nitrogens with zero attached hydrogens (tertiary/aromatic N) is 1. The van der Waals surface area contributed by atoms with Crippen molar-refractivity contribution in [3.63, 3.8) is 0 Å². The number of ether oxygens (including phenoxy) is 2. The first kappa shape index (κ1) is 20.5. The molecular formula is C20H18BrFN2O3. The van der Waals surface area contributed by atoms with Gasteiger partial charge in [-0.25, -0.2) is 4.39 Å². The molecule has 0 aliphatic carbocycles. The van der Waals surface area contributed by atoms with Crippen LogP contribution in [0, 0.1) is 17.1 Å². The maximum absolute atomic E-state index is 13.7. The van der Waals surface area contributed by atoms with Gasteiger partial charge in [-0.1, -0.05) is 12.1 Å². The smallest absolute Gasteiger partial charge is 0.266 e. The number of carbonyl (C=O) groups excluding carboxylic acids is 1. The zero-order valence-corrected chi connectivity index (χ0v) is 16.6. The number of halogens is 2. The number of anilines is 1. The van der Waals surface area contributed by atoms with E-state index in [-0.39, 0.29) is 17.4 Å².